The number of cyclic esters (lactones) is 1. The normalized spacial score (nSPS) is 21.8. The van der Waals surface area contributed by atoms with Crippen molar-refractivity contribution in [3.63, 3.8) is 0 Å². The van der Waals surface area contributed by atoms with Gasteiger partial charge in [0.25, 0.3) is 5.91 Å². The third-order valence-corrected chi connectivity index (χ3v) is 5.44. The summed E-state index contributed by atoms with van der Waals surface area (Å²) < 4.78 is 12.2. The Hall–Kier alpha value is -3.03. The largest absolute Gasteiger partial charge is 0.494 e. The molecule has 1 unspecified atom stereocenters. The molecule has 0 saturated carbocycles. The average Bonchev–Trinajstić information content (AvgIpc) is 3.33. The second-order valence-corrected chi connectivity index (χ2v) is 6.86. The number of amides is 2. The van der Waals surface area contributed by atoms with Crippen molar-refractivity contribution in [2.45, 2.75) is 18.9 Å². The van der Waals surface area contributed by atoms with Crippen molar-refractivity contribution in [3.8, 4) is 11.4 Å². The Morgan fingerprint density at radius 2 is 2.15 bits per heavy atom. The number of benzene rings is 1. The van der Waals surface area contributed by atoms with E-state index in [0.29, 0.717) is 37.6 Å². The van der Waals surface area contributed by atoms with E-state index in [2.05, 4.69) is 5.10 Å². The molecule has 2 saturated heterocycles. The predicted molar refractivity (Wildman–Crippen MR) is 97.1 cm³/mol. The van der Waals surface area contributed by atoms with Crippen molar-refractivity contribution < 1.29 is 19.1 Å². The number of methoxy groups -OCH3 is 1. The number of piperazine rings is 1. The van der Waals surface area contributed by atoms with Gasteiger partial charge in [-0.2, -0.15) is 5.10 Å². The Morgan fingerprint density at radius 3 is 2.93 bits per heavy atom. The minimum Gasteiger partial charge on any atom is -0.494 e. The molecule has 8 nitrogen and oxygen atoms in total. The highest BCUT2D eigenvalue weighted by Gasteiger charge is 2.50. The highest BCUT2D eigenvalue weighted by Crippen LogP contribution is 2.32. The molecule has 2 fully saturated rings. The molecule has 0 spiro atoms. The van der Waals surface area contributed by atoms with E-state index in [1.165, 1.54) is 0 Å². The lowest BCUT2D eigenvalue weighted by atomic mass is 9.92. The minimum atomic E-state index is -0.427. The average molecular weight is 370 g/mol. The number of ether oxygens (including phenoxy) is 2. The summed E-state index contributed by atoms with van der Waals surface area (Å²) in [5.74, 6) is 0.586. The number of para-hydroxylation sites is 2. The molecule has 3 heterocycles. The highest BCUT2D eigenvalue weighted by atomic mass is 16.6. The Balaban J connectivity index is 1.56. The van der Waals surface area contributed by atoms with Gasteiger partial charge in [0.15, 0.2) is 0 Å². The first kappa shape index (κ1) is 17.4. The van der Waals surface area contributed by atoms with Gasteiger partial charge in [-0.3, -0.25) is 9.69 Å². The molecule has 1 atom stereocenters. The van der Waals surface area contributed by atoms with Crippen LogP contribution in [0.15, 0.2) is 36.7 Å². The fraction of sp³-hybridized carbons (Fsp3) is 0.421. The quantitative estimate of drug-likeness (QED) is 0.822. The molecule has 0 bridgehead atoms. The van der Waals surface area contributed by atoms with Gasteiger partial charge in [-0.15, -0.1) is 0 Å². The number of nitrogens with zero attached hydrogens (tertiary/aromatic N) is 4. The first-order chi connectivity index (χ1) is 13.1. The molecule has 2 aliphatic heterocycles. The number of carbonyl (C=O) groups is 2. The van der Waals surface area contributed by atoms with Crippen molar-refractivity contribution in [2.75, 3.05) is 33.4 Å². The summed E-state index contributed by atoms with van der Waals surface area (Å²) in [5, 5.41) is 4.33. The Labute approximate surface area is 157 Å². The number of hydrogen-bond acceptors (Lipinski definition) is 5. The molecule has 0 aliphatic carbocycles. The monoisotopic (exact) mass is 370 g/mol. The molecule has 1 aromatic heterocycles. The van der Waals surface area contributed by atoms with Gasteiger partial charge in [-0.05, 0) is 18.6 Å². The summed E-state index contributed by atoms with van der Waals surface area (Å²) in [6.45, 7) is 3.78. The van der Waals surface area contributed by atoms with Crippen LogP contribution in [0.2, 0.25) is 0 Å². The molecule has 2 aliphatic rings. The molecular weight excluding hydrogens is 348 g/mol. The number of fused-ring (bicyclic) bond motifs is 1. The van der Waals surface area contributed by atoms with Crippen LogP contribution in [0.5, 0.6) is 5.75 Å². The second kappa shape index (κ2) is 6.61. The standard InChI is InChI=1S/C19H22N4O4/c1-3-19-12-21(8-9-22(19)18(25)27-13-19)17(24)14-10-20-23(11-14)15-6-4-5-7-16(15)26-2/h4-7,10-11H,3,8-9,12-13H2,1-2H3. The van der Waals surface area contributed by atoms with Crippen molar-refractivity contribution in [2.24, 2.45) is 0 Å². The van der Waals surface area contributed by atoms with E-state index in [4.69, 9.17) is 9.47 Å². The molecule has 2 aromatic rings. The van der Waals surface area contributed by atoms with E-state index < -0.39 is 5.54 Å². The lowest BCUT2D eigenvalue weighted by molar-refractivity contribution is 0.0362. The van der Waals surface area contributed by atoms with Crippen LogP contribution in [0.4, 0.5) is 4.79 Å². The highest BCUT2D eigenvalue weighted by molar-refractivity contribution is 5.94. The maximum absolute atomic E-state index is 13.0. The van der Waals surface area contributed by atoms with Gasteiger partial charge >= 0.3 is 6.09 Å². The number of aromatic nitrogens is 2. The van der Waals surface area contributed by atoms with Crippen LogP contribution < -0.4 is 4.74 Å². The van der Waals surface area contributed by atoms with Gasteiger partial charge in [0.2, 0.25) is 0 Å². The predicted octanol–water partition coefficient (Wildman–Crippen LogP) is 1.94. The van der Waals surface area contributed by atoms with E-state index in [1.54, 1.807) is 34.0 Å². The molecule has 0 N–H and O–H groups in total. The Bertz CT molecular complexity index is 880. The van der Waals surface area contributed by atoms with Gasteiger partial charge in [0.05, 0.1) is 24.4 Å². The maximum Gasteiger partial charge on any atom is 0.410 e. The summed E-state index contributed by atoms with van der Waals surface area (Å²) in [5.41, 5.74) is 0.846. The summed E-state index contributed by atoms with van der Waals surface area (Å²) in [4.78, 5) is 28.5. The molecule has 4 rings (SSSR count). The van der Waals surface area contributed by atoms with E-state index >= 15 is 0 Å². The lowest BCUT2D eigenvalue weighted by Gasteiger charge is -2.44. The zero-order chi connectivity index (χ0) is 19.0. The van der Waals surface area contributed by atoms with Gasteiger partial charge in [-0.25, -0.2) is 9.48 Å². The fourth-order valence-corrected chi connectivity index (χ4v) is 3.80. The first-order valence-corrected chi connectivity index (χ1v) is 9.00. The topological polar surface area (TPSA) is 76.9 Å². The summed E-state index contributed by atoms with van der Waals surface area (Å²) in [7, 11) is 1.60. The third-order valence-electron chi connectivity index (χ3n) is 5.44. The van der Waals surface area contributed by atoms with E-state index in [1.807, 2.05) is 31.2 Å². The van der Waals surface area contributed by atoms with Crippen molar-refractivity contribution in [3.05, 3.63) is 42.2 Å². The number of rotatable bonds is 4. The minimum absolute atomic E-state index is 0.0945. The van der Waals surface area contributed by atoms with Crippen LogP contribution >= 0.6 is 0 Å². The van der Waals surface area contributed by atoms with Crippen LogP contribution in [0.1, 0.15) is 23.7 Å². The summed E-state index contributed by atoms with van der Waals surface area (Å²) in [6.07, 6.45) is 3.73. The van der Waals surface area contributed by atoms with E-state index in [0.717, 1.165) is 12.1 Å². The third kappa shape index (κ3) is 2.81. The lowest BCUT2D eigenvalue weighted by Crippen LogP contribution is -2.62. The van der Waals surface area contributed by atoms with Crippen LogP contribution in [0, 0.1) is 0 Å². The fourth-order valence-electron chi connectivity index (χ4n) is 3.80. The maximum atomic E-state index is 13.0. The zero-order valence-electron chi connectivity index (χ0n) is 15.4. The van der Waals surface area contributed by atoms with Gasteiger partial charge in [0, 0.05) is 25.8 Å². The SMILES string of the molecule is CCC12COC(=O)N1CCN(C(=O)c1cnn(-c3ccccc3OC)c1)C2. The summed E-state index contributed by atoms with van der Waals surface area (Å²) >= 11 is 0. The molecule has 1 aromatic carbocycles. The van der Waals surface area contributed by atoms with E-state index in [9.17, 15) is 9.59 Å². The molecule has 8 heteroatoms. The molecule has 2 amide bonds. The second-order valence-electron chi connectivity index (χ2n) is 6.86. The Morgan fingerprint density at radius 1 is 1.33 bits per heavy atom. The van der Waals surface area contributed by atoms with Crippen molar-refractivity contribution >= 4 is 12.0 Å². The smallest absolute Gasteiger partial charge is 0.410 e. The van der Waals surface area contributed by atoms with Crippen LogP contribution in [-0.4, -0.2) is 70.5 Å². The molecule has 0 radical (unpaired) electrons. The van der Waals surface area contributed by atoms with Crippen molar-refractivity contribution in [1.29, 1.82) is 0 Å². The van der Waals surface area contributed by atoms with Crippen molar-refractivity contribution in [1.82, 2.24) is 19.6 Å². The summed E-state index contributed by atoms with van der Waals surface area (Å²) in [6, 6.07) is 7.50. The van der Waals surface area contributed by atoms with Gasteiger partial charge in [-0.1, -0.05) is 19.1 Å². The van der Waals surface area contributed by atoms with Crippen LogP contribution in [0.3, 0.4) is 0 Å². The molecule has 142 valence electrons. The number of hydrogen-bond donors (Lipinski definition) is 0. The molecule has 27 heavy (non-hydrogen) atoms. The van der Waals surface area contributed by atoms with E-state index in [-0.39, 0.29) is 12.0 Å². The Kier molecular flexibility index (Phi) is 4.25. The van der Waals surface area contributed by atoms with Gasteiger partial charge in [0.1, 0.15) is 18.0 Å². The van der Waals surface area contributed by atoms with Gasteiger partial charge < -0.3 is 14.4 Å². The number of carbonyl (C=O) groups excluding carboxylic acids is 2. The van der Waals surface area contributed by atoms with Crippen LogP contribution in [0.25, 0.3) is 5.69 Å². The first-order valence-electron chi connectivity index (χ1n) is 9.00. The van der Waals surface area contributed by atoms with Crippen LogP contribution in [-0.2, 0) is 4.74 Å². The zero-order valence-corrected chi connectivity index (χ0v) is 15.4. The molecular formula is C19H22N4O4.